The highest BCUT2D eigenvalue weighted by Crippen LogP contribution is 2.25. The fourth-order valence-corrected chi connectivity index (χ4v) is 3.09. The van der Waals surface area contributed by atoms with Crippen LogP contribution in [0.2, 0.25) is 10.0 Å². The van der Waals surface area contributed by atoms with Crippen molar-refractivity contribution in [3.63, 3.8) is 0 Å². The van der Waals surface area contributed by atoms with E-state index in [-0.39, 0.29) is 5.91 Å². The molecule has 2 aromatic rings. The molecule has 0 saturated carbocycles. The van der Waals surface area contributed by atoms with E-state index in [0.29, 0.717) is 52.7 Å². The van der Waals surface area contributed by atoms with Gasteiger partial charge in [-0.3, -0.25) is 4.79 Å². The summed E-state index contributed by atoms with van der Waals surface area (Å²) < 4.78 is 5.27. The van der Waals surface area contributed by atoms with Crippen molar-refractivity contribution in [2.24, 2.45) is 0 Å². The number of carbonyl (C=O) groups is 1. The number of carbonyl (C=O) groups excluding carboxylic acids is 1. The van der Waals surface area contributed by atoms with Gasteiger partial charge in [0.25, 0.3) is 5.91 Å². The molecule has 0 aliphatic carbocycles. The zero-order valence-electron chi connectivity index (χ0n) is 13.8. The second kappa shape index (κ2) is 8.68. The molecule has 2 aromatic carbocycles. The lowest BCUT2D eigenvalue weighted by atomic mass is 10.1. The molecule has 1 heterocycles. The third kappa shape index (κ3) is 4.86. The first-order valence-electron chi connectivity index (χ1n) is 8.03. The summed E-state index contributed by atoms with van der Waals surface area (Å²) in [7, 11) is 0. The molecule has 0 radical (unpaired) electrons. The van der Waals surface area contributed by atoms with Gasteiger partial charge in [0, 0.05) is 29.4 Å². The van der Waals surface area contributed by atoms with Crippen molar-refractivity contribution in [2.45, 2.75) is 0 Å². The van der Waals surface area contributed by atoms with Crippen molar-refractivity contribution in [1.82, 2.24) is 4.90 Å². The Labute approximate surface area is 167 Å². The standard InChI is InChI=1S/C18H17Cl2N3O2S/c19-13-3-6-15(20)16(11-13)22-18(26)21-14-4-1-12(2-5-14)17(24)23-7-9-25-10-8-23/h1-6,11H,7-10H2,(H2,21,22,26). The summed E-state index contributed by atoms with van der Waals surface area (Å²) in [5.74, 6) is 0.00580. The molecule has 0 unspecified atom stereocenters. The molecular weight excluding hydrogens is 393 g/mol. The van der Waals surface area contributed by atoms with Gasteiger partial charge in [-0.15, -0.1) is 0 Å². The molecule has 2 N–H and O–H groups in total. The summed E-state index contributed by atoms with van der Waals surface area (Å²) in [5, 5.41) is 7.52. The molecule has 0 bridgehead atoms. The van der Waals surface area contributed by atoms with E-state index < -0.39 is 0 Å². The third-order valence-electron chi connectivity index (χ3n) is 3.86. The first kappa shape index (κ1) is 18.9. The minimum Gasteiger partial charge on any atom is -0.378 e. The molecule has 0 aromatic heterocycles. The normalized spacial score (nSPS) is 14.0. The molecule has 136 valence electrons. The number of halogens is 2. The number of amides is 1. The van der Waals surface area contributed by atoms with Crippen LogP contribution in [0.1, 0.15) is 10.4 Å². The first-order chi connectivity index (χ1) is 12.5. The van der Waals surface area contributed by atoms with Crippen LogP contribution in [-0.2, 0) is 4.74 Å². The predicted octanol–water partition coefficient (Wildman–Crippen LogP) is 4.27. The number of hydrogen-bond donors (Lipinski definition) is 2. The molecule has 1 saturated heterocycles. The Bertz CT molecular complexity index is 809. The lowest BCUT2D eigenvalue weighted by Gasteiger charge is -2.26. The van der Waals surface area contributed by atoms with Crippen LogP contribution in [0.15, 0.2) is 42.5 Å². The van der Waals surface area contributed by atoms with Gasteiger partial charge in [0.15, 0.2) is 5.11 Å². The van der Waals surface area contributed by atoms with Gasteiger partial charge < -0.3 is 20.3 Å². The summed E-state index contributed by atoms with van der Waals surface area (Å²) in [6, 6.07) is 12.3. The SMILES string of the molecule is O=C(c1ccc(NC(=S)Nc2cc(Cl)ccc2Cl)cc1)N1CCOCC1. The third-order valence-corrected chi connectivity index (χ3v) is 4.63. The molecule has 1 aliphatic heterocycles. The van der Waals surface area contributed by atoms with Crippen LogP contribution < -0.4 is 10.6 Å². The average molecular weight is 410 g/mol. The largest absolute Gasteiger partial charge is 0.378 e. The van der Waals surface area contributed by atoms with E-state index in [4.69, 9.17) is 40.2 Å². The number of thiocarbonyl (C=S) groups is 1. The molecule has 1 amide bonds. The minimum atomic E-state index is 0.00580. The highest BCUT2D eigenvalue weighted by atomic mass is 35.5. The van der Waals surface area contributed by atoms with Gasteiger partial charge in [0.2, 0.25) is 0 Å². The monoisotopic (exact) mass is 409 g/mol. The van der Waals surface area contributed by atoms with Gasteiger partial charge in [0.05, 0.1) is 23.9 Å². The van der Waals surface area contributed by atoms with Crippen LogP contribution in [0.4, 0.5) is 11.4 Å². The van der Waals surface area contributed by atoms with E-state index in [2.05, 4.69) is 10.6 Å². The Morgan fingerprint density at radius 3 is 2.42 bits per heavy atom. The number of morpholine rings is 1. The molecular formula is C18H17Cl2N3O2S. The van der Waals surface area contributed by atoms with E-state index in [9.17, 15) is 4.79 Å². The zero-order valence-corrected chi connectivity index (χ0v) is 16.1. The highest BCUT2D eigenvalue weighted by Gasteiger charge is 2.18. The average Bonchev–Trinajstić information content (AvgIpc) is 2.65. The highest BCUT2D eigenvalue weighted by molar-refractivity contribution is 7.80. The van der Waals surface area contributed by atoms with Crippen molar-refractivity contribution in [2.75, 3.05) is 36.9 Å². The summed E-state index contributed by atoms with van der Waals surface area (Å²) in [5.41, 5.74) is 2.02. The van der Waals surface area contributed by atoms with Crippen LogP contribution in [0, 0.1) is 0 Å². The van der Waals surface area contributed by atoms with Crippen molar-refractivity contribution in [3.8, 4) is 0 Å². The number of ether oxygens (including phenoxy) is 1. The summed E-state index contributed by atoms with van der Waals surface area (Å²) >= 11 is 17.4. The molecule has 0 atom stereocenters. The lowest BCUT2D eigenvalue weighted by molar-refractivity contribution is 0.0303. The van der Waals surface area contributed by atoms with Crippen LogP contribution in [0.3, 0.4) is 0 Å². The molecule has 3 rings (SSSR count). The van der Waals surface area contributed by atoms with Gasteiger partial charge in [0.1, 0.15) is 0 Å². The number of hydrogen-bond acceptors (Lipinski definition) is 3. The van der Waals surface area contributed by atoms with Gasteiger partial charge >= 0.3 is 0 Å². The van der Waals surface area contributed by atoms with Gasteiger partial charge in [-0.05, 0) is 54.7 Å². The summed E-state index contributed by atoms with van der Waals surface area (Å²) in [6.07, 6.45) is 0. The quantitative estimate of drug-likeness (QED) is 0.741. The summed E-state index contributed by atoms with van der Waals surface area (Å²) in [4.78, 5) is 14.2. The predicted molar refractivity (Wildman–Crippen MR) is 109 cm³/mol. The number of nitrogens with zero attached hydrogens (tertiary/aromatic N) is 1. The van der Waals surface area contributed by atoms with Crippen molar-refractivity contribution >= 4 is 57.8 Å². The van der Waals surface area contributed by atoms with Crippen LogP contribution in [0.25, 0.3) is 0 Å². The van der Waals surface area contributed by atoms with Crippen molar-refractivity contribution < 1.29 is 9.53 Å². The van der Waals surface area contributed by atoms with E-state index >= 15 is 0 Å². The first-order valence-corrected chi connectivity index (χ1v) is 9.19. The van der Waals surface area contributed by atoms with Gasteiger partial charge in [-0.25, -0.2) is 0 Å². The molecule has 5 nitrogen and oxygen atoms in total. The van der Waals surface area contributed by atoms with Gasteiger partial charge in [-0.2, -0.15) is 0 Å². The Balaban J connectivity index is 1.60. The fourth-order valence-electron chi connectivity index (χ4n) is 2.52. The second-order valence-electron chi connectivity index (χ2n) is 5.69. The van der Waals surface area contributed by atoms with E-state index in [0.717, 1.165) is 5.69 Å². The van der Waals surface area contributed by atoms with E-state index in [1.165, 1.54) is 0 Å². The Morgan fingerprint density at radius 2 is 1.73 bits per heavy atom. The second-order valence-corrected chi connectivity index (χ2v) is 6.94. The van der Waals surface area contributed by atoms with Crippen LogP contribution >= 0.6 is 35.4 Å². The maximum Gasteiger partial charge on any atom is 0.254 e. The maximum absolute atomic E-state index is 12.4. The molecule has 1 fully saturated rings. The molecule has 26 heavy (non-hydrogen) atoms. The Kier molecular flexibility index (Phi) is 6.32. The lowest BCUT2D eigenvalue weighted by Crippen LogP contribution is -2.40. The van der Waals surface area contributed by atoms with Crippen molar-refractivity contribution in [3.05, 3.63) is 58.1 Å². The van der Waals surface area contributed by atoms with E-state index in [1.807, 2.05) is 0 Å². The molecule has 0 spiro atoms. The topological polar surface area (TPSA) is 53.6 Å². The van der Waals surface area contributed by atoms with Crippen molar-refractivity contribution in [1.29, 1.82) is 0 Å². The fraction of sp³-hybridized carbons (Fsp3) is 0.222. The Morgan fingerprint density at radius 1 is 1.04 bits per heavy atom. The van der Waals surface area contributed by atoms with Crippen LogP contribution in [-0.4, -0.2) is 42.2 Å². The molecule has 8 heteroatoms. The smallest absolute Gasteiger partial charge is 0.254 e. The summed E-state index contributed by atoms with van der Waals surface area (Å²) in [6.45, 7) is 2.40. The minimum absolute atomic E-state index is 0.00580. The number of rotatable bonds is 3. The zero-order chi connectivity index (χ0) is 18.5. The van der Waals surface area contributed by atoms with Gasteiger partial charge in [-0.1, -0.05) is 23.2 Å². The van der Waals surface area contributed by atoms with E-state index in [1.54, 1.807) is 47.4 Å². The Hall–Kier alpha value is -1.86. The molecule has 1 aliphatic rings. The number of anilines is 2. The number of nitrogens with one attached hydrogen (secondary N) is 2. The number of benzene rings is 2. The maximum atomic E-state index is 12.4. The van der Waals surface area contributed by atoms with Crippen LogP contribution in [0.5, 0.6) is 0 Å².